The van der Waals surface area contributed by atoms with Gasteiger partial charge in [0.1, 0.15) is 18.0 Å². The van der Waals surface area contributed by atoms with Crippen molar-refractivity contribution in [3.05, 3.63) is 58.1 Å². The van der Waals surface area contributed by atoms with E-state index in [1.807, 2.05) is 43.3 Å². The minimum atomic E-state index is -0.350. The van der Waals surface area contributed by atoms with Crippen LogP contribution >= 0.6 is 0 Å². The summed E-state index contributed by atoms with van der Waals surface area (Å²) in [4.78, 5) is 13.3. The molecule has 2 aromatic carbocycles. The first-order valence-electron chi connectivity index (χ1n) is 9.66. The number of nitrogens with zero attached hydrogens (tertiary/aromatic N) is 2. The van der Waals surface area contributed by atoms with Crippen LogP contribution in [-0.2, 0) is 0 Å². The first-order valence-corrected chi connectivity index (χ1v) is 9.66. The van der Waals surface area contributed by atoms with Gasteiger partial charge in [-0.2, -0.15) is 0 Å². The Morgan fingerprint density at radius 1 is 1.21 bits per heavy atom. The number of nitro benzene ring substituents is 1. The quantitative estimate of drug-likeness (QED) is 0.431. The largest absolute Gasteiger partial charge is 0.491 e. The highest BCUT2D eigenvalue weighted by Crippen LogP contribution is 2.30. The zero-order valence-electron chi connectivity index (χ0n) is 16.6. The molecule has 2 atom stereocenters. The summed E-state index contributed by atoms with van der Waals surface area (Å²) in [5, 5.41) is 18.1. The van der Waals surface area contributed by atoms with E-state index in [0.717, 1.165) is 30.1 Å². The first-order chi connectivity index (χ1) is 13.4. The molecule has 2 aromatic rings. The summed E-state index contributed by atoms with van der Waals surface area (Å²) >= 11 is 0. The zero-order valence-corrected chi connectivity index (χ0v) is 16.6. The van der Waals surface area contributed by atoms with E-state index >= 15 is 0 Å². The minimum absolute atomic E-state index is 0.0795. The van der Waals surface area contributed by atoms with Crippen LogP contribution in [0, 0.1) is 17.0 Å². The second-order valence-electron chi connectivity index (χ2n) is 7.37. The number of piperazine rings is 1. The van der Waals surface area contributed by atoms with Gasteiger partial charge in [0.05, 0.1) is 4.92 Å². The molecule has 1 fully saturated rings. The molecule has 1 saturated heterocycles. The van der Waals surface area contributed by atoms with Crippen molar-refractivity contribution in [3.63, 3.8) is 0 Å². The maximum atomic E-state index is 11.4. The molecule has 0 bridgehead atoms. The first kappa shape index (κ1) is 19.9. The summed E-state index contributed by atoms with van der Waals surface area (Å²) in [6.45, 7) is 8.94. The van der Waals surface area contributed by atoms with Gasteiger partial charge >= 0.3 is 0 Å². The number of benzene rings is 2. The topological polar surface area (TPSA) is 79.7 Å². The average molecular weight is 384 g/mol. The van der Waals surface area contributed by atoms with Crippen LogP contribution in [-0.4, -0.2) is 43.2 Å². The normalized spacial score (nSPS) is 19.3. The lowest BCUT2D eigenvalue weighted by molar-refractivity contribution is -0.383. The van der Waals surface area contributed by atoms with Gasteiger partial charge in [0.25, 0.3) is 5.69 Å². The number of anilines is 2. The molecule has 7 nitrogen and oxygen atoms in total. The highest BCUT2D eigenvalue weighted by Gasteiger charge is 2.23. The van der Waals surface area contributed by atoms with Crippen molar-refractivity contribution < 1.29 is 9.66 Å². The molecule has 2 N–H and O–H groups in total. The van der Waals surface area contributed by atoms with Gasteiger partial charge in [0.15, 0.2) is 0 Å². The Bertz CT molecular complexity index is 817. The molecule has 150 valence electrons. The van der Waals surface area contributed by atoms with Crippen molar-refractivity contribution in [2.24, 2.45) is 0 Å². The zero-order chi connectivity index (χ0) is 20.1. The van der Waals surface area contributed by atoms with E-state index in [4.69, 9.17) is 4.74 Å². The Balaban J connectivity index is 1.68. The van der Waals surface area contributed by atoms with E-state index < -0.39 is 0 Å². The van der Waals surface area contributed by atoms with E-state index in [1.54, 1.807) is 6.07 Å². The Morgan fingerprint density at radius 2 is 1.93 bits per heavy atom. The van der Waals surface area contributed by atoms with Gasteiger partial charge < -0.3 is 20.3 Å². The minimum Gasteiger partial charge on any atom is -0.491 e. The molecule has 0 unspecified atom stereocenters. The van der Waals surface area contributed by atoms with Gasteiger partial charge in [-0.15, -0.1) is 0 Å². The lowest BCUT2D eigenvalue weighted by atomic mass is 10.1. The number of nitrogens with one attached hydrogen (secondary N) is 2. The summed E-state index contributed by atoms with van der Waals surface area (Å²) in [5.74, 6) is 0.830. The Hall–Kier alpha value is -2.80. The van der Waals surface area contributed by atoms with Crippen LogP contribution in [0.5, 0.6) is 5.75 Å². The van der Waals surface area contributed by atoms with Crippen LogP contribution in [0.4, 0.5) is 17.1 Å². The molecule has 1 aliphatic rings. The Morgan fingerprint density at radius 3 is 2.61 bits per heavy atom. The van der Waals surface area contributed by atoms with Crippen LogP contribution in [0.2, 0.25) is 0 Å². The van der Waals surface area contributed by atoms with Gasteiger partial charge in [-0.3, -0.25) is 10.1 Å². The summed E-state index contributed by atoms with van der Waals surface area (Å²) < 4.78 is 5.78. The Labute approximate surface area is 165 Å². The molecule has 0 aromatic heterocycles. The molecule has 28 heavy (non-hydrogen) atoms. The van der Waals surface area contributed by atoms with Crippen molar-refractivity contribution in [1.82, 2.24) is 5.32 Å². The van der Waals surface area contributed by atoms with Gasteiger partial charge in [0.2, 0.25) is 0 Å². The van der Waals surface area contributed by atoms with Crippen molar-refractivity contribution in [2.75, 3.05) is 36.5 Å². The fourth-order valence-electron chi connectivity index (χ4n) is 3.62. The average Bonchev–Trinajstić information content (AvgIpc) is 2.65. The van der Waals surface area contributed by atoms with Crippen molar-refractivity contribution >= 4 is 17.1 Å². The molecule has 0 radical (unpaired) electrons. The number of rotatable bonds is 7. The molecule has 3 rings (SSSR count). The summed E-state index contributed by atoms with van der Waals surface area (Å²) in [6.07, 6.45) is 0. The SMILES string of the molecule is Cc1ccccc1OCCNc1cc(N2C[C@@H](C)N[C@@H](C)C2)ccc1[N+](=O)[O-]. The van der Waals surface area contributed by atoms with E-state index in [1.165, 1.54) is 0 Å². The molecule has 0 saturated carbocycles. The van der Waals surface area contributed by atoms with Crippen LogP contribution < -0.4 is 20.3 Å². The van der Waals surface area contributed by atoms with E-state index in [-0.39, 0.29) is 10.6 Å². The summed E-state index contributed by atoms with van der Waals surface area (Å²) in [5.41, 5.74) is 2.66. The van der Waals surface area contributed by atoms with Crippen molar-refractivity contribution in [3.8, 4) is 5.75 Å². The molecule has 1 heterocycles. The summed E-state index contributed by atoms with van der Waals surface area (Å²) in [7, 11) is 0. The number of ether oxygens (including phenoxy) is 1. The molecule has 0 amide bonds. The van der Waals surface area contributed by atoms with E-state index in [9.17, 15) is 10.1 Å². The third-order valence-electron chi connectivity index (χ3n) is 4.87. The molecule has 7 heteroatoms. The van der Waals surface area contributed by atoms with Crippen molar-refractivity contribution in [2.45, 2.75) is 32.9 Å². The van der Waals surface area contributed by atoms with Crippen LogP contribution in [0.3, 0.4) is 0 Å². The van der Waals surface area contributed by atoms with Crippen molar-refractivity contribution in [1.29, 1.82) is 0 Å². The molecule has 0 spiro atoms. The third kappa shape index (κ3) is 4.92. The highest BCUT2D eigenvalue weighted by atomic mass is 16.6. The number of aryl methyl sites for hydroxylation is 1. The van der Waals surface area contributed by atoms with Crippen LogP contribution in [0.1, 0.15) is 19.4 Å². The predicted molar refractivity (Wildman–Crippen MR) is 113 cm³/mol. The Kier molecular flexibility index (Phi) is 6.36. The smallest absolute Gasteiger partial charge is 0.292 e. The maximum absolute atomic E-state index is 11.4. The monoisotopic (exact) mass is 384 g/mol. The maximum Gasteiger partial charge on any atom is 0.292 e. The predicted octanol–water partition coefficient (Wildman–Crippen LogP) is 3.58. The summed E-state index contributed by atoms with van der Waals surface area (Å²) in [6, 6.07) is 13.8. The lowest BCUT2D eigenvalue weighted by Gasteiger charge is -2.37. The number of hydrogen-bond acceptors (Lipinski definition) is 6. The number of para-hydroxylation sites is 1. The number of hydrogen-bond donors (Lipinski definition) is 2. The highest BCUT2D eigenvalue weighted by molar-refractivity contribution is 5.69. The third-order valence-corrected chi connectivity index (χ3v) is 4.87. The van der Waals surface area contributed by atoms with Gasteiger partial charge in [0, 0.05) is 43.5 Å². The standard InChI is InChI=1S/C21H28N4O3/c1-15-6-4-5-7-21(15)28-11-10-22-19-12-18(8-9-20(19)25(26)27)24-13-16(2)23-17(3)14-24/h4-9,12,16-17,22-23H,10-11,13-14H2,1-3H3/t16-,17+. The molecular formula is C21H28N4O3. The number of nitro groups is 1. The second kappa shape index (κ2) is 8.93. The van der Waals surface area contributed by atoms with Gasteiger partial charge in [-0.05, 0) is 44.5 Å². The van der Waals surface area contributed by atoms with Gasteiger partial charge in [-0.25, -0.2) is 0 Å². The van der Waals surface area contributed by atoms with Crippen LogP contribution in [0.15, 0.2) is 42.5 Å². The molecule has 0 aliphatic carbocycles. The van der Waals surface area contributed by atoms with Crippen LogP contribution in [0.25, 0.3) is 0 Å². The molecular weight excluding hydrogens is 356 g/mol. The van der Waals surface area contributed by atoms with E-state index in [2.05, 4.69) is 29.4 Å². The molecule has 1 aliphatic heterocycles. The second-order valence-corrected chi connectivity index (χ2v) is 7.37. The lowest BCUT2D eigenvalue weighted by Crippen LogP contribution is -2.54. The van der Waals surface area contributed by atoms with Gasteiger partial charge in [-0.1, -0.05) is 18.2 Å². The van der Waals surface area contributed by atoms with E-state index in [0.29, 0.717) is 30.9 Å². The fourth-order valence-corrected chi connectivity index (χ4v) is 3.62. The fraction of sp³-hybridized carbons (Fsp3) is 0.429.